The van der Waals surface area contributed by atoms with Crippen molar-refractivity contribution in [2.24, 2.45) is 0 Å². The van der Waals surface area contributed by atoms with E-state index in [1.54, 1.807) is 0 Å². The molecule has 0 aromatic heterocycles. The summed E-state index contributed by atoms with van der Waals surface area (Å²) in [6.45, 7) is 10.4. The first-order valence-electron chi connectivity index (χ1n) is 9.33. The van der Waals surface area contributed by atoms with E-state index in [1.165, 1.54) is 6.20 Å². The molecular formula is C21H31N3O2. The number of anilines is 1. The van der Waals surface area contributed by atoms with Crippen molar-refractivity contribution in [1.29, 1.82) is 5.26 Å². The quantitative estimate of drug-likeness (QED) is 0.352. The standard InChI is InChI=1S/C21H31N3O2/c1-5-6-12-26-13-8-11-23-15-18(14-22)21(25)24-20-17(4)9-7-10-19(20)16(2)3/h7,9-10,15-16,23H,5-6,8,11-13H2,1-4H3,(H,24,25)/b18-15-. The van der Waals surface area contributed by atoms with Crippen LogP contribution in [0.4, 0.5) is 5.69 Å². The van der Waals surface area contributed by atoms with Crippen LogP contribution in [-0.4, -0.2) is 25.7 Å². The van der Waals surface area contributed by atoms with Crippen molar-refractivity contribution in [3.8, 4) is 6.07 Å². The van der Waals surface area contributed by atoms with Crippen molar-refractivity contribution in [2.45, 2.75) is 52.9 Å². The second-order valence-corrected chi connectivity index (χ2v) is 6.59. The summed E-state index contributed by atoms with van der Waals surface area (Å²) in [6, 6.07) is 7.89. The zero-order chi connectivity index (χ0) is 19.4. The molecule has 0 bridgehead atoms. The Labute approximate surface area is 157 Å². The molecule has 0 heterocycles. The Balaban J connectivity index is 2.58. The SMILES string of the molecule is CCCCOCCCN/C=C(/C#N)C(=O)Nc1c(C)cccc1C(C)C. The minimum absolute atomic E-state index is 0.0647. The summed E-state index contributed by atoms with van der Waals surface area (Å²) in [5.74, 6) is -0.110. The molecule has 0 aliphatic heterocycles. The van der Waals surface area contributed by atoms with E-state index in [4.69, 9.17) is 4.74 Å². The Kier molecular flexibility index (Phi) is 10.1. The fourth-order valence-electron chi connectivity index (χ4n) is 2.47. The molecule has 142 valence electrons. The van der Waals surface area contributed by atoms with Gasteiger partial charge in [0.1, 0.15) is 11.6 Å². The number of unbranched alkanes of at least 4 members (excludes halogenated alkanes) is 1. The molecule has 1 rings (SSSR count). The molecule has 1 aromatic carbocycles. The number of carbonyl (C=O) groups is 1. The van der Waals surface area contributed by atoms with Gasteiger partial charge < -0.3 is 15.4 Å². The Hall–Kier alpha value is -2.32. The minimum atomic E-state index is -0.393. The van der Waals surface area contributed by atoms with Crippen LogP contribution in [0.15, 0.2) is 30.0 Å². The molecule has 0 unspecified atom stereocenters. The van der Waals surface area contributed by atoms with Gasteiger partial charge in [0.05, 0.1) is 0 Å². The van der Waals surface area contributed by atoms with Crippen LogP contribution in [0.5, 0.6) is 0 Å². The first-order valence-corrected chi connectivity index (χ1v) is 9.33. The van der Waals surface area contributed by atoms with Crippen LogP contribution < -0.4 is 10.6 Å². The van der Waals surface area contributed by atoms with Gasteiger partial charge in [0.25, 0.3) is 5.91 Å². The van der Waals surface area contributed by atoms with E-state index in [9.17, 15) is 10.1 Å². The van der Waals surface area contributed by atoms with Crippen molar-refractivity contribution in [3.05, 3.63) is 41.1 Å². The lowest BCUT2D eigenvalue weighted by molar-refractivity contribution is -0.112. The van der Waals surface area contributed by atoms with Crippen LogP contribution in [0.25, 0.3) is 0 Å². The first kappa shape index (κ1) is 21.7. The monoisotopic (exact) mass is 357 g/mol. The highest BCUT2D eigenvalue weighted by Gasteiger charge is 2.14. The number of nitrogens with one attached hydrogen (secondary N) is 2. The second kappa shape index (κ2) is 12.1. The number of hydrogen-bond acceptors (Lipinski definition) is 4. The molecule has 0 saturated carbocycles. The molecule has 1 aromatic rings. The molecule has 5 heteroatoms. The summed E-state index contributed by atoms with van der Waals surface area (Å²) >= 11 is 0. The zero-order valence-corrected chi connectivity index (χ0v) is 16.4. The van der Waals surface area contributed by atoms with Gasteiger partial charge in [0.2, 0.25) is 0 Å². The highest BCUT2D eigenvalue weighted by Crippen LogP contribution is 2.27. The van der Waals surface area contributed by atoms with E-state index >= 15 is 0 Å². The van der Waals surface area contributed by atoms with Gasteiger partial charge in [-0.2, -0.15) is 5.26 Å². The van der Waals surface area contributed by atoms with E-state index in [0.29, 0.717) is 13.2 Å². The smallest absolute Gasteiger partial charge is 0.267 e. The maximum atomic E-state index is 12.4. The van der Waals surface area contributed by atoms with E-state index in [-0.39, 0.29) is 11.5 Å². The molecule has 5 nitrogen and oxygen atoms in total. The molecule has 0 saturated heterocycles. The number of ether oxygens (including phenoxy) is 1. The Bertz CT molecular complexity index is 645. The van der Waals surface area contributed by atoms with Gasteiger partial charge in [0.15, 0.2) is 0 Å². The normalized spacial score (nSPS) is 11.3. The number of amides is 1. The summed E-state index contributed by atoms with van der Waals surface area (Å²) in [5, 5.41) is 15.2. The molecule has 1 amide bonds. The van der Waals surface area contributed by atoms with E-state index in [2.05, 4.69) is 31.4 Å². The molecule has 0 radical (unpaired) electrons. The third kappa shape index (κ3) is 7.28. The van der Waals surface area contributed by atoms with Crippen LogP contribution in [0.2, 0.25) is 0 Å². The number of nitrogens with zero attached hydrogens (tertiary/aromatic N) is 1. The van der Waals surface area contributed by atoms with Gasteiger partial charge in [-0.3, -0.25) is 4.79 Å². The number of rotatable bonds is 11. The zero-order valence-electron chi connectivity index (χ0n) is 16.4. The maximum Gasteiger partial charge on any atom is 0.267 e. The van der Waals surface area contributed by atoms with E-state index in [1.807, 2.05) is 31.2 Å². The third-order valence-corrected chi connectivity index (χ3v) is 4.03. The fraction of sp³-hybridized carbons (Fsp3) is 0.524. The van der Waals surface area contributed by atoms with Gasteiger partial charge in [0, 0.05) is 31.6 Å². The largest absolute Gasteiger partial charge is 0.390 e. The summed E-state index contributed by atoms with van der Waals surface area (Å²) in [6.07, 6.45) is 4.51. The van der Waals surface area contributed by atoms with Crippen LogP contribution in [0, 0.1) is 18.3 Å². The van der Waals surface area contributed by atoms with E-state index < -0.39 is 5.91 Å². The average Bonchev–Trinajstić information content (AvgIpc) is 2.61. The Morgan fingerprint density at radius 1 is 1.31 bits per heavy atom. The predicted octanol–water partition coefficient (Wildman–Crippen LogP) is 4.26. The summed E-state index contributed by atoms with van der Waals surface area (Å²) in [4.78, 5) is 12.4. The predicted molar refractivity (Wildman–Crippen MR) is 106 cm³/mol. The molecule has 0 atom stereocenters. The molecule has 2 N–H and O–H groups in total. The highest BCUT2D eigenvalue weighted by atomic mass is 16.5. The number of nitriles is 1. The van der Waals surface area contributed by atoms with Gasteiger partial charge in [-0.05, 0) is 36.8 Å². The van der Waals surface area contributed by atoms with Crippen molar-refractivity contribution in [3.63, 3.8) is 0 Å². The van der Waals surface area contributed by atoms with Gasteiger partial charge in [-0.25, -0.2) is 0 Å². The van der Waals surface area contributed by atoms with Gasteiger partial charge >= 0.3 is 0 Å². The Morgan fingerprint density at radius 2 is 2.04 bits per heavy atom. The molecular weight excluding hydrogens is 326 g/mol. The van der Waals surface area contributed by atoms with Crippen LogP contribution in [0.1, 0.15) is 57.1 Å². The average molecular weight is 357 g/mol. The number of carbonyl (C=O) groups excluding carboxylic acids is 1. The molecule has 0 aliphatic carbocycles. The maximum absolute atomic E-state index is 12.4. The Morgan fingerprint density at radius 3 is 2.69 bits per heavy atom. The number of aryl methyl sites for hydroxylation is 1. The fourth-order valence-corrected chi connectivity index (χ4v) is 2.47. The molecule has 0 fully saturated rings. The molecule has 0 aliphatic rings. The summed E-state index contributed by atoms with van der Waals surface area (Å²) in [7, 11) is 0. The lowest BCUT2D eigenvalue weighted by atomic mass is 9.98. The number of hydrogen-bond donors (Lipinski definition) is 2. The van der Waals surface area contributed by atoms with Crippen molar-refractivity contribution in [1.82, 2.24) is 5.32 Å². The summed E-state index contributed by atoms with van der Waals surface area (Å²) < 4.78 is 5.48. The van der Waals surface area contributed by atoms with Crippen molar-refractivity contribution in [2.75, 3.05) is 25.1 Å². The van der Waals surface area contributed by atoms with Gasteiger partial charge in [-0.1, -0.05) is 45.4 Å². The highest BCUT2D eigenvalue weighted by molar-refractivity contribution is 6.07. The van der Waals surface area contributed by atoms with Crippen LogP contribution in [0.3, 0.4) is 0 Å². The lowest BCUT2D eigenvalue weighted by Crippen LogP contribution is -2.19. The molecule has 26 heavy (non-hydrogen) atoms. The van der Waals surface area contributed by atoms with Gasteiger partial charge in [-0.15, -0.1) is 0 Å². The molecule has 0 spiro atoms. The van der Waals surface area contributed by atoms with Crippen molar-refractivity contribution < 1.29 is 9.53 Å². The minimum Gasteiger partial charge on any atom is -0.390 e. The summed E-state index contributed by atoms with van der Waals surface area (Å²) in [5.41, 5.74) is 2.90. The third-order valence-electron chi connectivity index (χ3n) is 4.03. The van der Waals surface area contributed by atoms with Crippen molar-refractivity contribution >= 4 is 11.6 Å². The topological polar surface area (TPSA) is 74.1 Å². The van der Waals surface area contributed by atoms with Crippen LogP contribution in [-0.2, 0) is 9.53 Å². The lowest BCUT2D eigenvalue weighted by Gasteiger charge is -2.16. The van der Waals surface area contributed by atoms with E-state index in [0.717, 1.165) is 42.7 Å². The first-order chi connectivity index (χ1) is 12.5. The van der Waals surface area contributed by atoms with Crippen LogP contribution >= 0.6 is 0 Å². The number of benzene rings is 1. The number of para-hydroxylation sites is 1. The second-order valence-electron chi connectivity index (χ2n) is 6.59.